The molecule has 0 saturated carbocycles. The molecule has 18 rings (SSSR count). The zero-order chi connectivity index (χ0) is 78.8. The van der Waals surface area contributed by atoms with Gasteiger partial charge in [0.2, 0.25) is 0 Å². The van der Waals surface area contributed by atoms with Gasteiger partial charge in [-0.25, -0.2) is 0 Å². The van der Waals surface area contributed by atoms with Gasteiger partial charge in [0.1, 0.15) is 0 Å². The van der Waals surface area contributed by atoms with E-state index in [1.54, 1.807) is 10.6 Å². The summed E-state index contributed by atoms with van der Waals surface area (Å²) in [5.74, 6) is -0.338. The van der Waals surface area contributed by atoms with Crippen molar-refractivity contribution in [2.45, 2.75) is 137 Å². The van der Waals surface area contributed by atoms with Crippen LogP contribution in [-0.4, -0.2) is 9.13 Å². The quantitative estimate of drug-likeness (QED) is 0.159. The molecule has 0 spiro atoms. The zero-order valence-corrected chi connectivity index (χ0v) is 62.1. The molecule has 2 aliphatic rings. The van der Waals surface area contributed by atoms with E-state index in [4.69, 9.17) is 9.90 Å². The highest BCUT2D eigenvalue weighted by atomic mass is 16.3. The van der Waals surface area contributed by atoms with E-state index in [2.05, 4.69) is 318 Å². The van der Waals surface area contributed by atoms with Gasteiger partial charge < -0.3 is 23.4 Å². The third kappa shape index (κ3) is 10.5. The molecule has 0 N–H and O–H groups in total. The molecule has 13 aromatic carbocycles. The highest BCUT2D eigenvalue weighted by molar-refractivity contribution is 6.16. The summed E-state index contributed by atoms with van der Waals surface area (Å²) in [5.41, 5.74) is 25.3. The molecule has 0 radical (unpaired) electrons. The van der Waals surface area contributed by atoms with Crippen LogP contribution in [0.1, 0.15) is 165 Å². The maximum atomic E-state index is 9.61. The standard InChI is InChI=1S/C99H90N4O/c1-95(2,3)66-41-46-83-79(55-66)80-56-67(96(4,5)6)42-47-84(80)100(83)71-43-45-78-88(59-71)103(86-39-27-35-76-75-34-26-38-85(93(75)104-94(76)86)102-81-36-24-22-32-73(81)74-33-23-25-37-82(74)102)90-58-70(99(13,14)15)57-89-92(90)91(78)77-44-40-62(65-49-68(97(7,8)9)54-69(50-65)98(10,11)12)53-87(77)101(89)72-51-63(60-28-18-16-19-29-60)48-64(52-72)61-30-20-17-21-31-61/h16-59,91H,1-15H3/i22D,23D,24D,25D,32D,33D,36D,37D. The first-order chi connectivity index (χ1) is 53.0. The number of benzene rings is 13. The molecule has 1 atom stereocenters. The van der Waals surface area contributed by atoms with Gasteiger partial charge in [-0.3, -0.25) is 0 Å². The van der Waals surface area contributed by atoms with Crippen LogP contribution in [0.2, 0.25) is 0 Å². The summed E-state index contributed by atoms with van der Waals surface area (Å²) in [5, 5.41) is 3.80. The summed E-state index contributed by atoms with van der Waals surface area (Å²) in [7, 11) is 0. The molecule has 0 amide bonds. The molecule has 0 aliphatic carbocycles. The van der Waals surface area contributed by atoms with E-state index in [1.807, 2.05) is 12.1 Å². The van der Waals surface area contributed by atoms with E-state index < -0.39 is 41.7 Å². The maximum Gasteiger partial charge on any atom is 0.159 e. The van der Waals surface area contributed by atoms with Crippen LogP contribution in [-0.2, 0) is 27.1 Å². The number of nitrogens with zero attached hydrogens (tertiary/aromatic N) is 4. The monoisotopic (exact) mass is 1360 g/mol. The lowest BCUT2D eigenvalue weighted by Gasteiger charge is -2.46. The molecule has 512 valence electrons. The van der Waals surface area contributed by atoms with Gasteiger partial charge in [-0.15, -0.1) is 0 Å². The van der Waals surface area contributed by atoms with E-state index in [-0.39, 0.29) is 61.5 Å². The van der Waals surface area contributed by atoms with Crippen LogP contribution in [0.25, 0.3) is 110 Å². The Kier molecular flexibility index (Phi) is 12.6. The fraction of sp³-hybridized carbons (Fsp3) is 0.212. The second-order valence-electron chi connectivity index (χ2n) is 34.1. The Hall–Kier alpha value is -11.1. The predicted octanol–water partition coefficient (Wildman–Crippen LogP) is 28.0. The zero-order valence-electron chi connectivity index (χ0n) is 70.1. The molecule has 1 unspecified atom stereocenters. The van der Waals surface area contributed by atoms with Gasteiger partial charge in [-0.1, -0.05) is 274 Å². The van der Waals surface area contributed by atoms with Crippen LogP contribution in [0.3, 0.4) is 0 Å². The van der Waals surface area contributed by atoms with Crippen molar-refractivity contribution in [3.63, 3.8) is 0 Å². The SMILES string of the molecule is [2H]c1c([2H])c([2H])c2c(c1[2H])c1c([2H])c([2H])c([2H])c([2H])c1n2-c1cccc2c1oc1c(N3c4cc(-n5c6ccc(C(C)(C)C)cc6c6cc(C(C)(C)C)ccc65)ccc4C4c5ccc(-c6cc(C(C)(C)C)cc(C(C)(C)C)c6)cc5N(c5cc(-c6ccccc6)cc(-c6ccccc6)c5)c5cc(C(C)(C)C)cc3c54)cccc12. The summed E-state index contributed by atoms with van der Waals surface area (Å²) in [4.78, 5) is 4.99. The molecule has 0 fully saturated rings. The molecule has 3 aromatic heterocycles. The van der Waals surface area contributed by atoms with Crippen LogP contribution >= 0.6 is 0 Å². The summed E-state index contributed by atoms with van der Waals surface area (Å²) < 4.78 is 85.7. The molecule has 2 aliphatic heterocycles. The average Bonchev–Trinajstić information content (AvgIpc) is 1.61. The first kappa shape index (κ1) is 56.4. The molecular formula is C99H90N4O. The Labute approximate surface area is 623 Å². The molecule has 16 aromatic rings. The molecule has 104 heavy (non-hydrogen) atoms. The molecule has 5 heteroatoms. The summed E-state index contributed by atoms with van der Waals surface area (Å²) in [6.07, 6.45) is 0. The first-order valence-electron chi connectivity index (χ1n) is 40.6. The van der Waals surface area contributed by atoms with Crippen LogP contribution in [0.5, 0.6) is 0 Å². The maximum absolute atomic E-state index is 9.61. The molecule has 0 bridgehead atoms. The Morgan fingerprint density at radius 2 is 0.740 bits per heavy atom. The molecule has 0 saturated heterocycles. The topological polar surface area (TPSA) is 29.5 Å². The lowest BCUT2D eigenvalue weighted by molar-refractivity contribution is 0.569. The number of furan rings is 1. The summed E-state index contributed by atoms with van der Waals surface area (Å²) >= 11 is 0. The van der Waals surface area contributed by atoms with Gasteiger partial charge in [0, 0.05) is 55.2 Å². The van der Waals surface area contributed by atoms with Crippen LogP contribution < -0.4 is 9.80 Å². The normalized spacial score (nSPS) is 15.2. The van der Waals surface area contributed by atoms with Gasteiger partial charge in [0.25, 0.3) is 0 Å². The second-order valence-corrected chi connectivity index (χ2v) is 34.1. The van der Waals surface area contributed by atoms with Gasteiger partial charge in [-0.05, 0) is 196 Å². The van der Waals surface area contributed by atoms with Crippen molar-refractivity contribution >= 4 is 99.7 Å². The van der Waals surface area contributed by atoms with Crippen molar-refractivity contribution in [3.05, 3.63) is 311 Å². The summed E-state index contributed by atoms with van der Waals surface area (Å²) in [6, 6.07) is 77.2. The number of rotatable bonds is 7. The molecule has 5 heterocycles. The largest absolute Gasteiger partial charge is 0.452 e. The fourth-order valence-corrected chi connectivity index (χ4v) is 16.3. The minimum absolute atomic E-state index is 0.00698. The predicted molar refractivity (Wildman–Crippen MR) is 443 cm³/mol. The number of aromatic nitrogens is 2. The highest BCUT2D eigenvalue weighted by Crippen LogP contribution is 2.63. The minimum Gasteiger partial charge on any atom is -0.452 e. The van der Waals surface area contributed by atoms with Crippen LogP contribution in [0.4, 0.5) is 34.1 Å². The van der Waals surface area contributed by atoms with Gasteiger partial charge in [0.05, 0.1) is 67.2 Å². The van der Waals surface area contributed by atoms with Crippen molar-refractivity contribution in [1.82, 2.24) is 9.13 Å². The van der Waals surface area contributed by atoms with Crippen molar-refractivity contribution in [2.75, 3.05) is 9.80 Å². The smallest absolute Gasteiger partial charge is 0.159 e. The lowest BCUT2D eigenvalue weighted by atomic mass is 9.73. The Morgan fingerprint density at radius 1 is 0.279 bits per heavy atom. The van der Waals surface area contributed by atoms with E-state index in [1.165, 1.54) is 33.0 Å². The minimum atomic E-state index is -0.506. The Bertz CT molecular complexity index is 6470. The van der Waals surface area contributed by atoms with Crippen LogP contribution in [0.15, 0.2) is 271 Å². The Balaban J connectivity index is 0.978. The van der Waals surface area contributed by atoms with Crippen molar-refractivity contribution in [2.24, 2.45) is 0 Å². The average molecular weight is 1360 g/mol. The number of fused-ring (bicyclic) bond motifs is 13. The van der Waals surface area contributed by atoms with E-state index in [0.29, 0.717) is 22.2 Å². The van der Waals surface area contributed by atoms with E-state index in [9.17, 15) is 5.48 Å². The van der Waals surface area contributed by atoms with Gasteiger partial charge in [-0.2, -0.15) is 0 Å². The fourth-order valence-electron chi connectivity index (χ4n) is 16.3. The number of para-hydroxylation sites is 4. The van der Waals surface area contributed by atoms with Crippen molar-refractivity contribution in [3.8, 4) is 44.8 Å². The van der Waals surface area contributed by atoms with Crippen molar-refractivity contribution in [1.29, 1.82) is 0 Å². The number of anilines is 6. The Morgan fingerprint density at radius 3 is 1.27 bits per heavy atom. The third-order valence-electron chi connectivity index (χ3n) is 22.1. The molecule has 5 nitrogen and oxygen atoms in total. The van der Waals surface area contributed by atoms with Gasteiger partial charge >= 0.3 is 0 Å². The third-order valence-corrected chi connectivity index (χ3v) is 22.1. The van der Waals surface area contributed by atoms with E-state index >= 15 is 0 Å². The van der Waals surface area contributed by atoms with E-state index in [0.717, 1.165) is 112 Å². The number of hydrogen-bond donors (Lipinski definition) is 0. The van der Waals surface area contributed by atoms with Crippen LogP contribution in [0, 0.1) is 0 Å². The first-order valence-corrected chi connectivity index (χ1v) is 36.6. The van der Waals surface area contributed by atoms with Crippen molar-refractivity contribution < 1.29 is 15.4 Å². The van der Waals surface area contributed by atoms with Gasteiger partial charge in [0.15, 0.2) is 11.2 Å². The summed E-state index contributed by atoms with van der Waals surface area (Å²) in [6.45, 7) is 34.4. The molecular weight excluding hydrogens is 1260 g/mol. The second kappa shape index (κ2) is 23.2. The highest BCUT2D eigenvalue weighted by Gasteiger charge is 2.44. The number of hydrogen-bond acceptors (Lipinski definition) is 3. The lowest BCUT2D eigenvalue weighted by Crippen LogP contribution is -2.30.